The molecule has 0 saturated carbocycles. The van der Waals surface area contributed by atoms with Gasteiger partial charge >= 0.3 is 0 Å². The van der Waals surface area contributed by atoms with Crippen molar-refractivity contribution in [1.82, 2.24) is 19.6 Å². The van der Waals surface area contributed by atoms with Crippen molar-refractivity contribution in [2.75, 3.05) is 11.1 Å². The molecule has 6 rings (SSSR count). The van der Waals surface area contributed by atoms with Gasteiger partial charge in [0, 0.05) is 23.6 Å². The Morgan fingerprint density at radius 2 is 2.03 bits per heavy atom. The number of benzene rings is 1. The molecular weight excluding hydrogens is 440 g/mol. The first kappa shape index (κ1) is 20.7. The Labute approximate surface area is 201 Å². The number of nitrogens with two attached hydrogens (primary N) is 1. The zero-order valence-corrected chi connectivity index (χ0v) is 18.8. The fourth-order valence-electron chi connectivity index (χ4n) is 4.14. The molecule has 0 spiro atoms. The molecule has 35 heavy (non-hydrogen) atoms. The largest absolute Gasteiger partial charge is 0.463 e. The summed E-state index contributed by atoms with van der Waals surface area (Å²) in [6.07, 6.45) is 14.8. The van der Waals surface area contributed by atoms with Crippen molar-refractivity contribution in [2.45, 2.75) is 12.8 Å². The summed E-state index contributed by atoms with van der Waals surface area (Å²) >= 11 is 0. The van der Waals surface area contributed by atoms with Crippen molar-refractivity contribution in [1.29, 1.82) is 0 Å². The van der Waals surface area contributed by atoms with E-state index >= 15 is 0 Å². The Hall–Kier alpha value is -4.85. The molecule has 0 atom stereocenters. The van der Waals surface area contributed by atoms with Crippen LogP contribution in [0.5, 0.6) is 0 Å². The number of rotatable bonds is 5. The van der Waals surface area contributed by atoms with Gasteiger partial charge in [0.05, 0.1) is 16.8 Å². The monoisotopic (exact) mass is 462 g/mol. The molecule has 1 aliphatic heterocycles. The maximum absolute atomic E-state index is 6.06. The molecule has 1 aromatic carbocycles. The number of fused-ring (bicyclic) bond motifs is 1. The van der Waals surface area contributed by atoms with Gasteiger partial charge in [-0.05, 0) is 48.7 Å². The minimum atomic E-state index is 0.380. The van der Waals surface area contributed by atoms with Crippen molar-refractivity contribution >= 4 is 17.2 Å². The molecule has 0 radical (unpaired) electrons. The molecule has 0 bridgehead atoms. The number of nitrogen functional groups attached to an aromatic ring is 1. The van der Waals surface area contributed by atoms with Crippen LogP contribution in [0.25, 0.3) is 28.0 Å². The number of hydrogen-bond donors (Lipinski definition) is 2. The van der Waals surface area contributed by atoms with Gasteiger partial charge in [-0.1, -0.05) is 36.4 Å². The molecule has 2 aliphatic rings. The van der Waals surface area contributed by atoms with E-state index in [2.05, 4.69) is 16.4 Å². The normalized spacial score (nSPS) is 15.0. The molecule has 3 aromatic heterocycles. The third-order valence-corrected chi connectivity index (χ3v) is 5.75. The number of hydrogen-bond acceptors (Lipinski definition) is 7. The van der Waals surface area contributed by atoms with E-state index in [-0.39, 0.29) is 0 Å². The molecule has 4 heterocycles. The second kappa shape index (κ2) is 8.83. The second-order valence-corrected chi connectivity index (χ2v) is 8.13. The standard InChI is InChI=1S/C27H22N6O2/c28-20-10-6-9-19(15-20)26-25(22-11-4-5-14-33(22)32-26)21-12-13-29-27(30-21)31-24-17-34-16-23(35-24)18-7-2-1-3-8-18/h1-2,4-7,9-17H,3,8,28H2,(H,29,30,31). The van der Waals surface area contributed by atoms with Crippen LogP contribution >= 0.6 is 0 Å². The van der Waals surface area contributed by atoms with E-state index < -0.39 is 0 Å². The number of ether oxygens (including phenoxy) is 2. The first-order chi connectivity index (χ1) is 17.2. The van der Waals surface area contributed by atoms with Crippen LogP contribution in [0.3, 0.4) is 0 Å². The highest BCUT2D eigenvalue weighted by Gasteiger charge is 2.20. The van der Waals surface area contributed by atoms with Crippen LogP contribution in [0.2, 0.25) is 0 Å². The van der Waals surface area contributed by atoms with Crippen LogP contribution in [-0.2, 0) is 9.47 Å². The third-order valence-electron chi connectivity index (χ3n) is 5.75. The Kier molecular flexibility index (Phi) is 5.23. The fraction of sp³-hybridized carbons (Fsp3) is 0.0741. The molecule has 8 heteroatoms. The van der Waals surface area contributed by atoms with Crippen LogP contribution in [0.1, 0.15) is 12.8 Å². The fourth-order valence-corrected chi connectivity index (χ4v) is 4.14. The van der Waals surface area contributed by atoms with Gasteiger partial charge in [0.1, 0.15) is 12.0 Å². The van der Waals surface area contributed by atoms with Gasteiger partial charge in [0.25, 0.3) is 0 Å². The van der Waals surface area contributed by atoms with Gasteiger partial charge in [-0.2, -0.15) is 5.10 Å². The lowest BCUT2D eigenvalue weighted by Crippen LogP contribution is -2.12. The summed E-state index contributed by atoms with van der Waals surface area (Å²) in [5.41, 5.74) is 12.0. The van der Waals surface area contributed by atoms with Crippen molar-refractivity contribution in [3.05, 3.63) is 109 Å². The molecule has 4 aromatic rings. The van der Waals surface area contributed by atoms with E-state index in [0.29, 0.717) is 29.0 Å². The quantitative estimate of drug-likeness (QED) is 0.382. The molecular formula is C27H22N6O2. The molecule has 0 fully saturated rings. The Morgan fingerprint density at radius 3 is 2.91 bits per heavy atom. The van der Waals surface area contributed by atoms with Gasteiger partial charge in [-0.25, -0.2) is 14.5 Å². The molecule has 1 aliphatic carbocycles. The molecule has 8 nitrogen and oxygen atoms in total. The van der Waals surface area contributed by atoms with E-state index in [1.165, 1.54) is 6.26 Å². The predicted molar refractivity (Wildman–Crippen MR) is 134 cm³/mol. The van der Waals surface area contributed by atoms with Gasteiger partial charge in [0.2, 0.25) is 11.8 Å². The summed E-state index contributed by atoms with van der Waals surface area (Å²) in [5.74, 6) is 1.46. The van der Waals surface area contributed by atoms with Crippen molar-refractivity contribution in [2.24, 2.45) is 0 Å². The van der Waals surface area contributed by atoms with E-state index in [1.807, 2.05) is 71.4 Å². The zero-order valence-electron chi connectivity index (χ0n) is 18.8. The van der Waals surface area contributed by atoms with Gasteiger partial charge < -0.3 is 15.2 Å². The number of allylic oxidation sites excluding steroid dienone is 4. The van der Waals surface area contributed by atoms with Gasteiger partial charge in [-0.3, -0.25) is 5.32 Å². The Morgan fingerprint density at radius 1 is 1.06 bits per heavy atom. The van der Waals surface area contributed by atoms with Gasteiger partial charge in [0.15, 0.2) is 12.0 Å². The number of nitrogens with zero attached hydrogens (tertiary/aromatic N) is 4. The molecule has 0 amide bonds. The average Bonchev–Trinajstić information content (AvgIpc) is 3.29. The van der Waals surface area contributed by atoms with E-state index in [4.69, 9.17) is 25.3 Å². The molecule has 0 saturated heterocycles. The van der Waals surface area contributed by atoms with E-state index in [0.717, 1.165) is 40.8 Å². The predicted octanol–water partition coefficient (Wildman–Crippen LogP) is 5.42. The van der Waals surface area contributed by atoms with Crippen LogP contribution in [0.15, 0.2) is 109 Å². The SMILES string of the molecule is Nc1cccc(-c2nn3ccccc3c2-c2ccnc(NC3=COC=C(C4=CC=CCC4)O3)n2)c1. The molecule has 3 N–H and O–H groups in total. The maximum atomic E-state index is 6.06. The minimum Gasteiger partial charge on any atom is -0.463 e. The lowest BCUT2D eigenvalue weighted by molar-refractivity contribution is 0.233. The third kappa shape index (κ3) is 4.13. The number of pyridine rings is 1. The minimum absolute atomic E-state index is 0.380. The van der Waals surface area contributed by atoms with Gasteiger partial charge in [-0.15, -0.1) is 0 Å². The number of anilines is 2. The van der Waals surface area contributed by atoms with Crippen LogP contribution in [-0.4, -0.2) is 19.6 Å². The second-order valence-electron chi connectivity index (χ2n) is 8.13. The lowest BCUT2D eigenvalue weighted by atomic mass is 10.0. The van der Waals surface area contributed by atoms with Crippen molar-refractivity contribution in [3.63, 3.8) is 0 Å². The van der Waals surface area contributed by atoms with E-state index in [9.17, 15) is 0 Å². The van der Waals surface area contributed by atoms with Crippen LogP contribution < -0.4 is 11.1 Å². The summed E-state index contributed by atoms with van der Waals surface area (Å²) < 4.78 is 13.4. The van der Waals surface area contributed by atoms with Crippen LogP contribution in [0, 0.1) is 0 Å². The maximum Gasteiger partial charge on any atom is 0.235 e. The number of aromatic nitrogens is 4. The summed E-state index contributed by atoms with van der Waals surface area (Å²) in [6, 6.07) is 15.5. The zero-order chi connectivity index (χ0) is 23.6. The summed E-state index contributed by atoms with van der Waals surface area (Å²) in [4.78, 5) is 9.16. The average molecular weight is 463 g/mol. The first-order valence-corrected chi connectivity index (χ1v) is 11.3. The highest BCUT2D eigenvalue weighted by Crippen LogP contribution is 2.35. The Bertz CT molecular complexity index is 1550. The highest BCUT2D eigenvalue weighted by molar-refractivity contribution is 5.91. The highest BCUT2D eigenvalue weighted by atomic mass is 16.6. The summed E-state index contributed by atoms with van der Waals surface area (Å²) in [5, 5.41) is 7.94. The smallest absolute Gasteiger partial charge is 0.235 e. The van der Waals surface area contributed by atoms with Crippen molar-refractivity contribution < 1.29 is 9.47 Å². The lowest BCUT2D eigenvalue weighted by Gasteiger charge is -2.19. The molecule has 172 valence electrons. The van der Waals surface area contributed by atoms with Crippen molar-refractivity contribution in [3.8, 4) is 22.5 Å². The summed E-state index contributed by atoms with van der Waals surface area (Å²) in [6.45, 7) is 0. The van der Waals surface area contributed by atoms with Crippen LogP contribution in [0.4, 0.5) is 11.6 Å². The molecule has 0 unspecified atom stereocenters. The first-order valence-electron chi connectivity index (χ1n) is 11.3. The Balaban J connectivity index is 1.34. The summed E-state index contributed by atoms with van der Waals surface area (Å²) in [7, 11) is 0. The topological polar surface area (TPSA) is 99.6 Å². The van der Waals surface area contributed by atoms with E-state index in [1.54, 1.807) is 12.5 Å². The number of nitrogens with one attached hydrogen (secondary N) is 1.